The van der Waals surface area contributed by atoms with E-state index < -0.39 is 0 Å². The van der Waals surface area contributed by atoms with E-state index in [1.54, 1.807) is 0 Å². The summed E-state index contributed by atoms with van der Waals surface area (Å²) in [6, 6.07) is 6.28. The second-order valence-corrected chi connectivity index (χ2v) is 9.02. The van der Waals surface area contributed by atoms with Crippen molar-refractivity contribution in [2.45, 2.75) is 45.4 Å². The van der Waals surface area contributed by atoms with Crippen LogP contribution < -0.4 is 5.46 Å². The molecule has 2 saturated heterocycles. The Morgan fingerprint density at radius 1 is 1.19 bits per heavy atom. The Morgan fingerprint density at radius 2 is 1.85 bits per heavy atom. The molecule has 0 spiro atoms. The molecule has 0 amide bonds. The normalized spacial score (nSPS) is 22.0. The molecule has 1 aromatic carbocycles. The first-order valence-electron chi connectivity index (χ1n) is 9.73. The van der Waals surface area contributed by atoms with Crippen molar-refractivity contribution in [3.05, 3.63) is 24.0 Å². The largest absolute Gasteiger partial charge is 0.494 e. The van der Waals surface area contributed by atoms with Crippen LogP contribution in [0.15, 0.2) is 18.2 Å². The van der Waals surface area contributed by atoms with Gasteiger partial charge in [-0.25, -0.2) is 4.98 Å². The van der Waals surface area contributed by atoms with Gasteiger partial charge in [-0.15, -0.1) is 0 Å². The number of benzene rings is 1. The summed E-state index contributed by atoms with van der Waals surface area (Å²) in [7, 11) is 3.88. The Morgan fingerprint density at radius 3 is 2.44 bits per heavy atom. The van der Waals surface area contributed by atoms with Gasteiger partial charge in [-0.1, -0.05) is 6.07 Å². The minimum Gasteiger partial charge on any atom is -0.399 e. The zero-order valence-electron chi connectivity index (χ0n) is 17.3. The van der Waals surface area contributed by atoms with Gasteiger partial charge in [-0.3, -0.25) is 4.90 Å². The van der Waals surface area contributed by atoms with Crippen molar-refractivity contribution >= 4 is 23.6 Å². The van der Waals surface area contributed by atoms with Gasteiger partial charge in [0.25, 0.3) is 0 Å². The van der Waals surface area contributed by atoms with E-state index in [9.17, 15) is 0 Å². The Balaban J connectivity index is 1.55. The van der Waals surface area contributed by atoms with Crippen LogP contribution in [0.4, 0.5) is 0 Å². The van der Waals surface area contributed by atoms with Gasteiger partial charge in [0.15, 0.2) is 0 Å². The third-order valence-corrected chi connectivity index (χ3v) is 6.21. The van der Waals surface area contributed by atoms with Gasteiger partial charge in [-0.05, 0) is 52.3 Å². The fourth-order valence-corrected chi connectivity index (χ4v) is 3.66. The molecule has 3 heterocycles. The average molecular weight is 371 g/mol. The molecule has 27 heavy (non-hydrogen) atoms. The molecular weight excluding hydrogens is 341 g/mol. The van der Waals surface area contributed by atoms with Crippen molar-refractivity contribution in [3.63, 3.8) is 0 Å². The van der Waals surface area contributed by atoms with E-state index in [4.69, 9.17) is 19.0 Å². The topological polar surface area (TPSA) is 48.8 Å². The number of nitrogens with zero attached hydrogens (tertiary/aromatic N) is 3. The number of ether oxygens (including phenoxy) is 1. The van der Waals surface area contributed by atoms with Gasteiger partial charge >= 0.3 is 7.12 Å². The molecule has 0 radical (unpaired) electrons. The molecule has 0 bridgehead atoms. The highest BCUT2D eigenvalue weighted by Gasteiger charge is 2.51. The van der Waals surface area contributed by atoms with E-state index in [0.717, 1.165) is 48.6 Å². The number of hydrogen-bond donors (Lipinski definition) is 0. The number of rotatable bonds is 5. The molecule has 0 N–H and O–H groups in total. The van der Waals surface area contributed by atoms with Crippen molar-refractivity contribution in [3.8, 4) is 0 Å². The van der Waals surface area contributed by atoms with Crippen LogP contribution in [-0.4, -0.2) is 59.6 Å². The van der Waals surface area contributed by atoms with Crippen molar-refractivity contribution in [2.75, 3.05) is 26.8 Å². The molecule has 7 heteroatoms. The number of aryl methyl sites for hydroxylation is 1. The lowest BCUT2D eigenvalue weighted by atomic mass is 9.79. The van der Waals surface area contributed by atoms with E-state index in [1.165, 1.54) is 0 Å². The molecule has 4 rings (SSSR count). The first-order chi connectivity index (χ1) is 12.7. The molecule has 2 aliphatic heterocycles. The van der Waals surface area contributed by atoms with Gasteiger partial charge in [-0.2, -0.15) is 0 Å². The summed E-state index contributed by atoms with van der Waals surface area (Å²) >= 11 is 0. The minimum atomic E-state index is -0.348. The van der Waals surface area contributed by atoms with Crippen LogP contribution >= 0.6 is 0 Å². The highest BCUT2D eigenvalue weighted by Crippen LogP contribution is 2.36. The van der Waals surface area contributed by atoms with Gasteiger partial charge in [0.2, 0.25) is 0 Å². The summed E-state index contributed by atoms with van der Waals surface area (Å²) in [6.45, 7) is 11.9. The lowest BCUT2D eigenvalue weighted by molar-refractivity contribution is -0.0447. The fourth-order valence-electron chi connectivity index (χ4n) is 3.66. The van der Waals surface area contributed by atoms with Crippen LogP contribution in [0.1, 0.15) is 33.5 Å². The van der Waals surface area contributed by atoms with Crippen LogP contribution in [0.5, 0.6) is 0 Å². The van der Waals surface area contributed by atoms with E-state index in [1.807, 2.05) is 0 Å². The molecule has 0 aliphatic carbocycles. The molecule has 146 valence electrons. The maximum Gasteiger partial charge on any atom is 0.494 e. The minimum absolute atomic E-state index is 0.335. The number of imidazole rings is 1. The van der Waals surface area contributed by atoms with E-state index in [2.05, 4.69) is 69.5 Å². The molecule has 0 atom stereocenters. The smallest absolute Gasteiger partial charge is 0.399 e. The predicted molar refractivity (Wildman–Crippen MR) is 107 cm³/mol. The lowest BCUT2D eigenvalue weighted by Gasteiger charge is -2.32. The quantitative estimate of drug-likeness (QED) is 0.752. The zero-order chi connectivity index (χ0) is 19.4. The second kappa shape index (κ2) is 6.59. The Hall–Kier alpha value is -1.41. The number of hydrogen-bond acceptors (Lipinski definition) is 5. The van der Waals surface area contributed by atoms with Crippen LogP contribution in [0.3, 0.4) is 0 Å². The first kappa shape index (κ1) is 18.9. The van der Waals surface area contributed by atoms with Crippen molar-refractivity contribution in [2.24, 2.45) is 13.0 Å². The molecule has 6 nitrogen and oxygen atoms in total. The predicted octanol–water partition coefficient (Wildman–Crippen LogP) is 1.95. The Bertz CT molecular complexity index is 828. The molecule has 1 aromatic heterocycles. The van der Waals surface area contributed by atoms with Crippen LogP contribution in [0.2, 0.25) is 0 Å². The highest BCUT2D eigenvalue weighted by atomic mass is 16.7. The number of aromatic nitrogens is 2. The summed E-state index contributed by atoms with van der Waals surface area (Å²) in [5.74, 6) is 1.72. The lowest BCUT2D eigenvalue weighted by Crippen LogP contribution is -2.41. The van der Waals surface area contributed by atoms with E-state index in [0.29, 0.717) is 5.92 Å². The standard InChI is InChI=1S/C20H30BN3O3/c1-19(2)20(3,4)27-21(26-19)15-7-8-16-17(9-15)24(6)18(22-16)11-23(5)10-14-12-25-13-14/h7-9,14H,10-13H2,1-6H3. The second-order valence-electron chi connectivity index (χ2n) is 9.02. The third kappa shape index (κ3) is 3.42. The van der Waals surface area contributed by atoms with Crippen LogP contribution in [0, 0.1) is 5.92 Å². The molecule has 2 aliphatic rings. The van der Waals surface area contributed by atoms with Crippen LogP contribution in [-0.2, 0) is 27.6 Å². The maximum atomic E-state index is 6.20. The van der Waals surface area contributed by atoms with E-state index >= 15 is 0 Å². The van der Waals surface area contributed by atoms with Crippen LogP contribution in [0.25, 0.3) is 11.0 Å². The van der Waals surface area contributed by atoms with Gasteiger partial charge < -0.3 is 18.6 Å². The molecule has 2 fully saturated rings. The van der Waals surface area contributed by atoms with Crippen molar-refractivity contribution in [1.82, 2.24) is 14.5 Å². The zero-order valence-corrected chi connectivity index (χ0v) is 17.3. The van der Waals surface area contributed by atoms with Crippen molar-refractivity contribution < 1.29 is 14.0 Å². The van der Waals surface area contributed by atoms with Gasteiger partial charge in [0, 0.05) is 19.5 Å². The summed E-state index contributed by atoms with van der Waals surface area (Å²) in [5, 5.41) is 0. The third-order valence-electron chi connectivity index (χ3n) is 6.21. The highest BCUT2D eigenvalue weighted by molar-refractivity contribution is 6.62. The molecule has 0 unspecified atom stereocenters. The Kier molecular flexibility index (Phi) is 4.62. The van der Waals surface area contributed by atoms with Gasteiger partial charge in [0.05, 0.1) is 42.0 Å². The summed E-state index contributed by atoms with van der Waals surface area (Å²) in [4.78, 5) is 7.16. The average Bonchev–Trinajstić information content (AvgIpc) is 2.96. The monoisotopic (exact) mass is 371 g/mol. The fraction of sp³-hybridized carbons (Fsp3) is 0.650. The molecule has 0 saturated carbocycles. The molecular formula is C20H30BN3O3. The SMILES string of the molecule is CN(Cc1nc2ccc(B3OC(C)(C)C(C)(C)O3)cc2n1C)CC1COC1. The van der Waals surface area contributed by atoms with E-state index in [-0.39, 0.29) is 18.3 Å². The van der Waals surface area contributed by atoms with Crippen molar-refractivity contribution in [1.29, 1.82) is 0 Å². The summed E-state index contributed by atoms with van der Waals surface area (Å²) in [6.07, 6.45) is 0. The maximum absolute atomic E-state index is 6.20. The first-order valence-corrected chi connectivity index (χ1v) is 9.73. The van der Waals surface area contributed by atoms with Gasteiger partial charge in [0.1, 0.15) is 5.82 Å². The Labute approximate surface area is 161 Å². The molecule has 2 aromatic rings. The summed E-state index contributed by atoms with van der Waals surface area (Å²) in [5.41, 5.74) is 2.48. The summed E-state index contributed by atoms with van der Waals surface area (Å²) < 4.78 is 19.9. The number of fused-ring (bicyclic) bond motifs is 1.